The lowest BCUT2D eigenvalue weighted by molar-refractivity contribution is 0.589. The molecule has 0 unspecified atom stereocenters. The van der Waals surface area contributed by atoms with Crippen LogP contribution in [0.25, 0.3) is 0 Å². The zero-order valence-electron chi connectivity index (χ0n) is 11.2. The van der Waals surface area contributed by atoms with Crippen LogP contribution in [0.5, 0.6) is 0 Å². The summed E-state index contributed by atoms with van der Waals surface area (Å²) in [5.74, 6) is 0. The quantitative estimate of drug-likeness (QED) is 0.611. The lowest BCUT2D eigenvalue weighted by atomic mass is 9.87. The van der Waals surface area contributed by atoms with Gasteiger partial charge in [0.1, 0.15) is 0 Å². The fourth-order valence-electron chi connectivity index (χ4n) is 1.70. The van der Waals surface area contributed by atoms with Gasteiger partial charge in [-0.3, -0.25) is 0 Å². The molecule has 0 amide bonds. The maximum absolute atomic E-state index is 3.47. The number of halogens is 1. The Morgan fingerprint density at radius 1 is 1.06 bits per heavy atom. The highest BCUT2D eigenvalue weighted by Gasteiger charge is 2.12. The third-order valence-corrected chi connectivity index (χ3v) is 3.45. The van der Waals surface area contributed by atoms with Gasteiger partial charge < -0.3 is 5.32 Å². The van der Waals surface area contributed by atoms with Gasteiger partial charge in [0.05, 0.1) is 0 Å². The highest BCUT2D eigenvalue weighted by atomic mass is 79.9. The van der Waals surface area contributed by atoms with Crippen LogP contribution in [0.1, 0.15) is 44.7 Å². The summed E-state index contributed by atoms with van der Waals surface area (Å²) < 4.78 is 0. The molecule has 0 atom stereocenters. The molecule has 1 nitrogen and oxygen atoms in total. The van der Waals surface area contributed by atoms with Crippen molar-refractivity contribution in [3.8, 4) is 0 Å². The first-order valence-electron chi connectivity index (χ1n) is 6.40. The van der Waals surface area contributed by atoms with E-state index in [-0.39, 0.29) is 5.41 Å². The van der Waals surface area contributed by atoms with Crippen LogP contribution < -0.4 is 5.32 Å². The Balaban J connectivity index is 2.36. The van der Waals surface area contributed by atoms with Crippen LogP contribution in [0.3, 0.4) is 0 Å². The van der Waals surface area contributed by atoms with E-state index < -0.39 is 0 Å². The van der Waals surface area contributed by atoms with E-state index in [4.69, 9.17) is 0 Å². The van der Waals surface area contributed by atoms with Gasteiger partial charge in [-0.25, -0.2) is 0 Å². The van der Waals surface area contributed by atoms with Gasteiger partial charge >= 0.3 is 0 Å². The Morgan fingerprint density at radius 3 is 2.24 bits per heavy atom. The highest BCUT2D eigenvalue weighted by molar-refractivity contribution is 9.09. The van der Waals surface area contributed by atoms with E-state index in [0.29, 0.717) is 0 Å². The van der Waals surface area contributed by atoms with Crippen LogP contribution in [-0.4, -0.2) is 11.9 Å². The second-order valence-corrected chi connectivity index (χ2v) is 6.31. The maximum atomic E-state index is 3.47. The highest BCUT2D eigenvalue weighted by Crippen LogP contribution is 2.22. The van der Waals surface area contributed by atoms with E-state index in [1.54, 1.807) is 0 Å². The molecule has 0 aliphatic rings. The van der Waals surface area contributed by atoms with Gasteiger partial charge in [0.2, 0.25) is 0 Å². The predicted octanol–water partition coefficient (Wildman–Crippen LogP) is 4.25. The van der Waals surface area contributed by atoms with Crippen LogP contribution in [0.4, 0.5) is 0 Å². The topological polar surface area (TPSA) is 12.0 Å². The van der Waals surface area contributed by atoms with Crippen molar-refractivity contribution >= 4 is 15.9 Å². The summed E-state index contributed by atoms with van der Waals surface area (Å²) in [6, 6.07) is 8.96. The Bertz CT molecular complexity index is 311. The van der Waals surface area contributed by atoms with E-state index in [2.05, 4.69) is 66.3 Å². The van der Waals surface area contributed by atoms with Gasteiger partial charge in [-0.15, -0.1) is 0 Å². The molecule has 17 heavy (non-hydrogen) atoms. The minimum absolute atomic E-state index is 0.252. The standard InChI is InChI=1S/C15H24BrN/c1-15(2,3)14-8-6-13(7-9-14)12-17-11-5-4-10-16/h6-9,17H,4-5,10-12H2,1-3H3. The van der Waals surface area contributed by atoms with E-state index in [9.17, 15) is 0 Å². The summed E-state index contributed by atoms with van der Waals surface area (Å²) in [7, 11) is 0. The first-order chi connectivity index (χ1) is 8.04. The molecule has 0 saturated carbocycles. The summed E-state index contributed by atoms with van der Waals surface area (Å²) in [4.78, 5) is 0. The average molecular weight is 298 g/mol. The lowest BCUT2D eigenvalue weighted by Crippen LogP contribution is -2.15. The molecule has 2 heteroatoms. The average Bonchev–Trinajstić information content (AvgIpc) is 2.28. The second-order valence-electron chi connectivity index (χ2n) is 5.52. The minimum Gasteiger partial charge on any atom is -0.313 e. The third kappa shape index (κ3) is 5.69. The van der Waals surface area contributed by atoms with Gasteiger partial charge in [-0.05, 0) is 35.9 Å². The number of hydrogen-bond donors (Lipinski definition) is 1. The molecule has 1 aromatic rings. The van der Waals surface area contributed by atoms with Crippen molar-refractivity contribution in [2.45, 2.75) is 45.6 Å². The van der Waals surface area contributed by atoms with Crippen molar-refractivity contribution in [1.82, 2.24) is 5.32 Å². The van der Waals surface area contributed by atoms with E-state index in [0.717, 1.165) is 18.4 Å². The second kappa shape index (κ2) is 7.17. The fourth-order valence-corrected chi connectivity index (χ4v) is 2.10. The van der Waals surface area contributed by atoms with E-state index in [1.165, 1.54) is 24.0 Å². The number of alkyl halides is 1. The molecule has 0 heterocycles. The molecule has 96 valence electrons. The van der Waals surface area contributed by atoms with Crippen molar-refractivity contribution in [2.24, 2.45) is 0 Å². The predicted molar refractivity (Wildman–Crippen MR) is 79.9 cm³/mol. The maximum Gasteiger partial charge on any atom is 0.0205 e. The smallest absolute Gasteiger partial charge is 0.0205 e. The van der Waals surface area contributed by atoms with Crippen LogP contribution in [-0.2, 0) is 12.0 Å². The van der Waals surface area contributed by atoms with Crippen molar-refractivity contribution < 1.29 is 0 Å². The van der Waals surface area contributed by atoms with Gasteiger partial charge in [0.25, 0.3) is 0 Å². The number of nitrogens with one attached hydrogen (secondary N) is 1. The van der Waals surface area contributed by atoms with Crippen LogP contribution >= 0.6 is 15.9 Å². The molecule has 0 aromatic heterocycles. The molecule has 0 saturated heterocycles. The van der Waals surface area contributed by atoms with Gasteiger partial charge in [-0.1, -0.05) is 61.0 Å². The Morgan fingerprint density at radius 2 is 1.71 bits per heavy atom. The zero-order chi connectivity index (χ0) is 12.7. The summed E-state index contributed by atoms with van der Waals surface area (Å²) in [6.45, 7) is 8.83. The molecule has 0 bridgehead atoms. The monoisotopic (exact) mass is 297 g/mol. The third-order valence-electron chi connectivity index (χ3n) is 2.89. The minimum atomic E-state index is 0.252. The van der Waals surface area contributed by atoms with E-state index in [1.807, 2.05) is 0 Å². The SMILES string of the molecule is CC(C)(C)c1ccc(CNCCCCBr)cc1. The number of unbranched alkanes of at least 4 members (excludes halogenated alkanes) is 1. The van der Waals surface area contributed by atoms with Gasteiger partial charge in [-0.2, -0.15) is 0 Å². The molecule has 1 aromatic carbocycles. The first-order valence-corrected chi connectivity index (χ1v) is 7.52. The molecule has 1 N–H and O–H groups in total. The summed E-state index contributed by atoms with van der Waals surface area (Å²) in [5, 5.41) is 4.58. The van der Waals surface area contributed by atoms with Crippen LogP contribution in [0, 0.1) is 0 Å². The molecule has 0 aliphatic heterocycles. The molecule has 0 radical (unpaired) electrons. The van der Waals surface area contributed by atoms with Crippen molar-refractivity contribution in [3.05, 3.63) is 35.4 Å². The number of rotatable bonds is 6. The van der Waals surface area contributed by atoms with Crippen LogP contribution in [0.15, 0.2) is 24.3 Å². The summed E-state index contributed by atoms with van der Waals surface area (Å²) in [5.41, 5.74) is 3.03. The van der Waals surface area contributed by atoms with Crippen molar-refractivity contribution in [2.75, 3.05) is 11.9 Å². The zero-order valence-corrected chi connectivity index (χ0v) is 12.8. The molecular formula is C15H24BrN. The molecular weight excluding hydrogens is 274 g/mol. The molecule has 1 rings (SSSR count). The van der Waals surface area contributed by atoms with Gasteiger partial charge in [0, 0.05) is 11.9 Å². The van der Waals surface area contributed by atoms with E-state index >= 15 is 0 Å². The van der Waals surface area contributed by atoms with Crippen molar-refractivity contribution in [1.29, 1.82) is 0 Å². The van der Waals surface area contributed by atoms with Crippen molar-refractivity contribution in [3.63, 3.8) is 0 Å². The molecule has 0 fully saturated rings. The Labute approximate surface area is 114 Å². The number of hydrogen-bond acceptors (Lipinski definition) is 1. The fraction of sp³-hybridized carbons (Fsp3) is 0.600. The Hall–Kier alpha value is -0.340. The lowest BCUT2D eigenvalue weighted by Gasteiger charge is -2.19. The number of benzene rings is 1. The summed E-state index contributed by atoms with van der Waals surface area (Å²) in [6.07, 6.45) is 2.49. The first kappa shape index (κ1) is 14.7. The molecule has 0 spiro atoms. The van der Waals surface area contributed by atoms with Crippen LogP contribution in [0.2, 0.25) is 0 Å². The molecule has 0 aliphatic carbocycles. The normalized spacial score (nSPS) is 11.8. The Kier molecular flexibility index (Phi) is 6.21. The van der Waals surface area contributed by atoms with Gasteiger partial charge in [0.15, 0.2) is 0 Å². The summed E-state index contributed by atoms with van der Waals surface area (Å²) >= 11 is 3.45. The largest absolute Gasteiger partial charge is 0.313 e.